The minimum Gasteiger partial charge on any atom is -0.495 e. The van der Waals surface area contributed by atoms with Crippen LogP contribution in [0.2, 0.25) is 0 Å². The molecular weight excluding hydrogens is 332 g/mol. The molecule has 0 unspecified atom stereocenters. The van der Waals surface area contributed by atoms with Crippen LogP contribution < -0.4 is 9.46 Å². The van der Waals surface area contributed by atoms with Crippen molar-refractivity contribution in [3.63, 3.8) is 0 Å². The number of sulfonamides is 1. The highest BCUT2D eigenvalue weighted by atomic mass is 79.9. The van der Waals surface area contributed by atoms with Crippen LogP contribution >= 0.6 is 15.9 Å². The molecule has 1 N–H and O–H groups in total. The first kappa shape index (κ1) is 13.8. The molecule has 1 aromatic heterocycles. The molecule has 0 bridgehead atoms. The Hall–Kier alpha value is -1.60. The van der Waals surface area contributed by atoms with Gasteiger partial charge in [0.05, 0.1) is 7.11 Å². The maximum atomic E-state index is 12.2. The fourth-order valence-corrected chi connectivity index (χ4v) is 3.02. The molecule has 0 atom stereocenters. The number of para-hydroxylation sites is 1. The number of hydrogen-bond acceptors (Lipinski definition) is 4. The van der Waals surface area contributed by atoms with Gasteiger partial charge in [-0.25, -0.2) is 13.4 Å². The number of pyridine rings is 1. The van der Waals surface area contributed by atoms with Crippen molar-refractivity contribution in [1.29, 1.82) is 0 Å². The van der Waals surface area contributed by atoms with E-state index in [0.29, 0.717) is 4.60 Å². The summed E-state index contributed by atoms with van der Waals surface area (Å²) in [5.41, 5.74) is 0. The van der Waals surface area contributed by atoms with Crippen LogP contribution in [-0.2, 0) is 10.0 Å². The second-order valence-electron chi connectivity index (χ2n) is 3.60. The zero-order chi connectivity index (χ0) is 13.9. The molecule has 0 spiro atoms. The normalized spacial score (nSPS) is 11.1. The molecule has 5 nitrogen and oxygen atoms in total. The van der Waals surface area contributed by atoms with Crippen molar-refractivity contribution in [2.75, 3.05) is 11.8 Å². The molecule has 0 radical (unpaired) electrons. The molecule has 0 aliphatic heterocycles. The predicted octanol–water partition coefficient (Wildman–Crippen LogP) is 2.65. The summed E-state index contributed by atoms with van der Waals surface area (Å²) in [7, 11) is -2.31. The third-order valence-electron chi connectivity index (χ3n) is 2.31. The van der Waals surface area contributed by atoms with Gasteiger partial charge in [0.1, 0.15) is 21.1 Å². The van der Waals surface area contributed by atoms with Crippen LogP contribution in [0.1, 0.15) is 0 Å². The van der Waals surface area contributed by atoms with Gasteiger partial charge in [-0.15, -0.1) is 0 Å². The first-order valence-corrected chi connectivity index (χ1v) is 7.59. The summed E-state index contributed by atoms with van der Waals surface area (Å²) in [6.45, 7) is 0. The lowest BCUT2D eigenvalue weighted by Gasteiger charge is -2.10. The minimum atomic E-state index is -3.73. The molecule has 7 heteroatoms. The Morgan fingerprint density at radius 2 is 1.89 bits per heavy atom. The topological polar surface area (TPSA) is 68.3 Å². The van der Waals surface area contributed by atoms with Gasteiger partial charge in [0.15, 0.2) is 0 Å². The maximum Gasteiger partial charge on any atom is 0.266 e. The van der Waals surface area contributed by atoms with Gasteiger partial charge >= 0.3 is 0 Å². The minimum absolute atomic E-state index is 0.0688. The standard InChI is InChI=1S/C12H11BrN2O3S/c1-18-9-5-2-3-6-10(9)19(16,17)15-12-8-4-7-11(13)14-12/h2-8H,1H3,(H,14,15). The molecule has 100 valence electrons. The van der Waals surface area contributed by atoms with Crippen molar-refractivity contribution in [3.05, 3.63) is 47.1 Å². The second-order valence-corrected chi connectivity index (χ2v) is 6.07. The molecule has 0 amide bonds. The number of nitrogens with one attached hydrogen (secondary N) is 1. The summed E-state index contributed by atoms with van der Waals surface area (Å²) in [6, 6.07) is 11.4. The van der Waals surface area contributed by atoms with Crippen LogP contribution in [0.4, 0.5) is 5.82 Å². The summed E-state index contributed by atoms with van der Waals surface area (Å²) in [6.07, 6.45) is 0. The molecule has 19 heavy (non-hydrogen) atoms. The molecule has 2 rings (SSSR count). The van der Waals surface area contributed by atoms with E-state index in [-0.39, 0.29) is 16.5 Å². The van der Waals surface area contributed by atoms with Gasteiger partial charge in [-0.3, -0.25) is 4.72 Å². The van der Waals surface area contributed by atoms with E-state index < -0.39 is 10.0 Å². The Kier molecular flexibility index (Phi) is 4.06. The number of methoxy groups -OCH3 is 1. The number of aromatic nitrogens is 1. The van der Waals surface area contributed by atoms with Crippen LogP contribution in [0.5, 0.6) is 5.75 Å². The Labute approximate surface area is 119 Å². The summed E-state index contributed by atoms with van der Waals surface area (Å²) < 4.78 is 32.5. The van der Waals surface area contributed by atoms with E-state index in [4.69, 9.17) is 4.74 Å². The maximum absolute atomic E-state index is 12.2. The molecule has 2 aromatic rings. The van der Waals surface area contributed by atoms with Crippen molar-refractivity contribution in [3.8, 4) is 5.75 Å². The van der Waals surface area contributed by atoms with E-state index in [1.807, 2.05) is 0 Å². The fourth-order valence-electron chi connectivity index (χ4n) is 1.50. The summed E-state index contributed by atoms with van der Waals surface area (Å²) in [4.78, 5) is 4.09. The van der Waals surface area contributed by atoms with Gasteiger partial charge in [-0.1, -0.05) is 18.2 Å². The molecule has 0 saturated heterocycles. The highest BCUT2D eigenvalue weighted by molar-refractivity contribution is 9.10. The SMILES string of the molecule is COc1ccccc1S(=O)(=O)Nc1cccc(Br)n1. The quantitative estimate of drug-likeness (QED) is 0.867. The van der Waals surface area contributed by atoms with Crippen LogP contribution in [-0.4, -0.2) is 20.5 Å². The van der Waals surface area contributed by atoms with Gasteiger partial charge in [0.2, 0.25) is 0 Å². The van der Waals surface area contributed by atoms with E-state index >= 15 is 0 Å². The molecule has 1 aromatic carbocycles. The Morgan fingerprint density at radius 3 is 2.58 bits per heavy atom. The predicted molar refractivity (Wildman–Crippen MR) is 75.7 cm³/mol. The lowest BCUT2D eigenvalue weighted by atomic mass is 10.3. The van der Waals surface area contributed by atoms with Crippen LogP contribution in [0, 0.1) is 0 Å². The largest absolute Gasteiger partial charge is 0.495 e. The van der Waals surface area contributed by atoms with Gasteiger partial charge in [0, 0.05) is 0 Å². The summed E-state index contributed by atoms with van der Waals surface area (Å²) in [5, 5.41) is 0. The number of anilines is 1. The number of nitrogens with zero attached hydrogens (tertiary/aromatic N) is 1. The average Bonchev–Trinajstić information content (AvgIpc) is 2.38. The van der Waals surface area contributed by atoms with Crippen LogP contribution in [0.15, 0.2) is 52.0 Å². The zero-order valence-electron chi connectivity index (χ0n) is 10.00. The highest BCUT2D eigenvalue weighted by Gasteiger charge is 2.19. The first-order valence-electron chi connectivity index (χ1n) is 5.31. The molecule has 0 aliphatic carbocycles. The van der Waals surface area contributed by atoms with Crippen molar-refractivity contribution in [2.45, 2.75) is 4.90 Å². The van der Waals surface area contributed by atoms with Gasteiger partial charge < -0.3 is 4.74 Å². The molecule has 0 aliphatic rings. The third-order valence-corrected chi connectivity index (χ3v) is 4.15. The monoisotopic (exact) mass is 342 g/mol. The third kappa shape index (κ3) is 3.24. The van der Waals surface area contributed by atoms with Gasteiger partial charge in [-0.05, 0) is 40.2 Å². The number of hydrogen-bond donors (Lipinski definition) is 1. The Balaban J connectivity index is 2.38. The highest BCUT2D eigenvalue weighted by Crippen LogP contribution is 2.24. The summed E-state index contributed by atoms with van der Waals surface area (Å²) >= 11 is 3.18. The number of benzene rings is 1. The van der Waals surface area contributed by atoms with Crippen LogP contribution in [0.25, 0.3) is 0 Å². The average molecular weight is 343 g/mol. The van der Waals surface area contributed by atoms with E-state index in [2.05, 4.69) is 25.6 Å². The van der Waals surface area contributed by atoms with Gasteiger partial charge in [0.25, 0.3) is 10.0 Å². The smallest absolute Gasteiger partial charge is 0.266 e. The molecular formula is C12H11BrN2O3S. The summed E-state index contributed by atoms with van der Waals surface area (Å²) in [5.74, 6) is 0.519. The Morgan fingerprint density at radius 1 is 1.16 bits per heavy atom. The molecule has 0 saturated carbocycles. The van der Waals surface area contributed by atoms with E-state index in [0.717, 1.165) is 0 Å². The number of rotatable bonds is 4. The number of ether oxygens (including phenoxy) is 1. The number of halogens is 1. The van der Waals surface area contributed by atoms with Crippen molar-refractivity contribution in [1.82, 2.24) is 4.98 Å². The second kappa shape index (κ2) is 5.58. The lowest BCUT2D eigenvalue weighted by molar-refractivity contribution is 0.403. The van der Waals surface area contributed by atoms with E-state index in [1.165, 1.54) is 13.2 Å². The van der Waals surface area contributed by atoms with Crippen molar-refractivity contribution < 1.29 is 13.2 Å². The fraction of sp³-hybridized carbons (Fsp3) is 0.0833. The van der Waals surface area contributed by atoms with E-state index in [9.17, 15) is 8.42 Å². The first-order chi connectivity index (χ1) is 9.03. The van der Waals surface area contributed by atoms with Gasteiger partial charge in [-0.2, -0.15) is 0 Å². The van der Waals surface area contributed by atoms with Crippen molar-refractivity contribution in [2.24, 2.45) is 0 Å². The lowest BCUT2D eigenvalue weighted by Crippen LogP contribution is -2.14. The van der Waals surface area contributed by atoms with Crippen molar-refractivity contribution >= 4 is 31.8 Å². The van der Waals surface area contributed by atoms with Crippen LogP contribution in [0.3, 0.4) is 0 Å². The molecule has 1 heterocycles. The Bertz CT molecular complexity index is 689. The zero-order valence-corrected chi connectivity index (χ0v) is 12.4. The van der Waals surface area contributed by atoms with E-state index in [1.54, 1.807) is 36.4 Å². The molecule has 0 fully saturated rings.